The normalized spacial score (nSPS) is 9.47. The van der Waals surface area contributed by atoms with Crippen LogP contribution in [0, 0.1) is 0 Å². The summed E-state index contributed by atoms with van der Waals surface area (Å²) in [7, 11) is 0. The molecule has 5 nitrogen and oxygen atoms in total. The van der Waals surface area contributed by atoms with Crippen molar-refractivity contribution in [1.29, 1.82) is 0 Å². The molecule has 5 heteroatoms. The number of hydrogen-bond acceptors (Lipinski definition) is 5. The fourth-order valence-corrected chi connectivity index (χ4v) is 1.09. The smallest absolute Gasteiger partial charge is 0.333 e. The molecule has 0 saturated carbocycles. The first kappa shape index (κ1) is 12.9. The standard InChI is InChI=1S/C12H14O5/c1-3-12(14)17-8-16-10-6-5-9(13)7-11(10)15-4-2/h3,5-7,13H,1,4,8H2,2H3. The molecule has 0 heterocycles. The van der Waals surface area contributed by atoms with Crippen molar-refractivity contribution in [3.05, 3.63) is 30.9 Å². The lowest BCUT2D eigenvalue weighted by Gasteiger charge is -2.11. The zero-order chi connectivity index (χ0) is 12.7. The van der Waals surface area contributed by atoms with E-state index in [1.807, 2.05) is 6.92 Å². The van der Waals surface area contributed by atoms with Crippen LogP contribution in [0.25, 0.3) is 0 Å². The molecule has 92 valence electrons. The largest absolute Gasteiger partial charge is 0.508 e. The van der Waals surface area contributed by atoms with Gasteiger partial charge in [-0.3, -0.25) is 0 Å². The molecule has 1 rings (SSSR count). The van der Waals surface area contributed by atoms with E-state index in [1.165, 1.54) is 18.2 Å². The van der Waals surface area contributed by atoms with Crippen molar-refractivity contribution in [2.45, 2.75) is 6.92 Å². The molecule has 0 atom stereocenters. The molecule has 1 aromatic carbocycles. The third-order valence-corrected chi connectivity index (χ3v) is 1.81. The highest BCUT2D eigenvalue weighted by Gasteiger charge is 2.06. The predicted octanol–water partition coefficient (Wildman–Crippen LogP) is 1.86. The summed E-state index contributed by atoms with van der Waals surface area (Å²) >= 11 is 0. The second-order valence-electron chi connectivity index (χ2n) is 2.99. The lowest BCUT2D eigenvalue weighted by molar-refractivity contribution is -0.144. The van der Waals surface area contributed by atoms with Crippen LogP contribution in [0.15, 0.2) is 30.9 Å². The fraction of sp³-hybridized carbons (Fsp3) is 0.250. The second-order valence-corrected chi connectivity index (χ2v) is 2.99. The number of carbonyl (C=O) groups is 1. The Morgan fingerprint density at radius 1 is 1.41 bits per heavy atom. The molecule has 0 unspecified atom stereocenters. The number of carbonyl (C=O) groups excluding carboxylic acids is 1. The molecular weight excluding hydrogens is 224 g/mol. The number of rotatable bonds is 6. The quantitative estimate of drug-likeness (QED) is 0.465. The molecule has 1 aromatic rings. The van der Waals surface area contributed by atoms with Crippen molar-refractivity contribution in [2.24, 2.45) is 0 Å². The maximum absolute atomic E-state index is 10.8. The van der Waals surface area contributed by atoms with E-state index < -0.39 is 5.97 Å². The predicted molar refractivity (Wildman–Crippen MR) is 61.1 cm³/mol. The summed E-state index contributed by atoms with van der Waals surface area (Å²) in [6.45, 7) is 5.26. The van der Waals surface area contributed by atoms with E-state index in [0.717, 1.165) is 6.08 Å². The van der Waals surface area contributed by atoms with E-state index >= 15 is 0 Å². The molecular formula is C12H14O5. The van der Waals surface area contributed by atoms with Gasteiger partial charge < -0.3 is 19.3 Å². The summed E-state index contributed by atoms with van der Waals surface area (Å²) in [5.41, 5.74) is 0. The van der Waals surface area contributed by atoms with E-state index in [1.54, 1.807) is 0 Å². The van der Waals surface area contributed by atoms with E-state index in [-0.39, 0.29) is 12.5 Å². The van der Waals surface area contributed by atoms with Gasteiger partial charge in [-0.05, 0) is 19.1 Å². The topological polar surface area (TPSA) is 65.0 Å². The van der Waals surface area contributed by atoms with Gasteiger partial charge in [0.25, 0.3) is 0 Å². The molecule has 0 bridgehead atoms. The van der Waals surface area contributed by atoms with Crippen LogP contribution in [0.5, 0.6) is 17.2 Å². The zero-order valence-electron chi connectivity index (χ0n) is 9.51. The number of phenols is 1. The highest BCUT2D eigenvalue weighted by molar-refractivity contribution is 5.81. The fourth-order valence-electron chi connectivity index (χ4n) is 1.09. The molecule has 0 aromatic heterocycles. The van der Waals surface area contributed by atoms with Crippen LogP contribution >= 0.6 is 0 Å². The number of benzene rings is 1. The van der Waals surface area contributed by atoms with Crippen molar-refractivity contribution in [1.82, 2.24) is 0 Å². The van der Waals surface area contributed by atoms with Gasteiger partial charge in [0.05, 0.1) is 6.61 Å². The molecule has 0 saturated heterocycles. The minimum Gasteiger partial charge on any atom is -0.508 e. The number of esters is 1. The maximum Gasteiger partial charge on any atom is 0.333 e. The lowest BCUT2D eigenvalue weighted by Crippen LogP contribution is -2.08. The molecule has 0 aliphatic rings. The second kappa shape index (κ2) is 6.42. The van der Waals surface area contributed by atoms with Crippen molar-refractivity contribution < 1.29 is 24.1 Å². The Labute approximate surface area is 99.2 Å². The molecule has 1 N–H and O–H groups in total. The van der Waals surface area contributed by atoms with Crippen LogP contribution in [0.1, 0.15) is 6.92 Å². The number of phenolic OH excluding ortho intramolecular Hbond substituents is 1. The average Bonchev–Trinajstić information content (AvgIpc) is 2.32. The molecule has 17 heavy (non-hydrogen) atoms. The molecule has 0 fully saturated rings. The molecule has 0 aliphatic heterocycles. The highest BCUT2D eigenvalue weighted by Crippen LogP contribution is 2.30. The SMILES string of the molecule is C=CC(=O)OCOc1ccc(O)cc1OCC. The Hall–Kier alpha value is -2.17. The van der Waals surface area contributed by atoms with Gasteiger partial charge in [0.2, 0.25) is 6.79 Å². The summed E-state index contributed by atoms with van der Waals surface area (Å²) in [5.74, 6) is 0.286. The van der Waals surface area contributed by atoms with Crippen molar-refractivity contribution in [3.63, 3.8) is 0 Å². The summed E-state index contributed by atoms with van der Waals surface area (Å²) < 4.78 is 15.1. The summed E-state index contributed by atoms with van der Waals surface area (Å²) in [5, 5.41) is 9.28. The number of hydrogen-bond donors (Lipinski definition) is 1. The first-order valence-electron chi connectivity index (χ1n) is 5.05. The number of aromatic hydroxyl groups is 1. The Balaban J connectivity index is 2.63. The monoisotopic (exact) mass is 238 g/mol. The molecule has 0 spiro atoms. The molecule has 0 radical (unpaired) electrons. The van der Waals surface area contributed by atoms with Crippen LogP contribution in [0.2, 0.25) is 0 Å². The van der Waals surface area contributed by atoms with Crippen molar-refractivity contribution >= 4 is 5.97 Å². The van der Waals surface area contributed by atoms with Gasteiger partial charge in [0, 0.05) is 12.1 Å². The first-order chi connectivity index (χ1) is 8.17. The zero-order valence-corrected chi connectivity index (χ0v) is 9.51. The molecule has 0 aliphatic carbocycles. The lowest BCUT2D eigenvalue weighted by atomic mass is 10.3. The minimum atomic E-state index is -0.568. The summed E-state index contributed by atoms with van der Waals surface area (Å²) in [6.07, 6.45) is 1.05. The third-order valence-electron chi connectivity index (χ3n) is 1.81. The Bertz CT molecular complexity index is 400. The molecule has 0 amide bonds. The average molecular weight is 238 g/mol. The minimum absolute atomic E-state index is 0.0730. The Morgan fingerprint density at radius 2 is 2.18 bits per heavy atom. The van der Waals surface area contributed by atoms with Gasteiger partial charge in [-0.25, -0.2) is 4.79 Å². The summed E-state index contributed by atoms with van der Waals surface area (Å²) in [4.78, 5) is 10.8. The number of ether oxygens (including phenoxy) is 3. The van der Waals surface area contributed by atoms with Crippen LogP contribution < -0.4 is 9.47 Å². The maximum atomic E-state index is 10.8. The van der Waals surface area contributed by atoms with E-state index in [0.29, 0.717) is 18.1 Å². The van der Waals surface area contributed by atoms with Gasteiger partial charge in [-0.1, -0.05) is 6.58 Å². The van der Waals surface area contributed by atoms with Crippen LogP contribution in [-0.4, -0.2) is 24.5 Å². The van der Waals surface area contributed by atoms with E-state index in [4.69, 9.17) is 9.47 Å². The third kappa shape index (κ3) is 4.06. The van der Waals surface area contributed by atoms with Gasteiger partial charge in [0.15, 0.2) is 11.5 Å². The van der Waals surface area contributed by atoms with Gasteiger partial charge >= 0.3 is 5.97 Å². The van der Waals surface area contributed by atoms with Gasteiger partial charge in [-0.15, -0.1) is 0 Å². The van der Waals surface area contributed by atoms with Crippen LogP contribution in [0.3, 0.4) is 0 Å². The summed E-state index contributed by atoms with van der Waals surface area (Å²) in [6, 6.07) is 4.41. The van der Waals surface area contributed by atoms with Crippen LogP contribution in [-0.2, 0) is 9.53 Å². The van der Waals surface area contributed by atoms with Crippen LogP contribution in [0.4, 0.5) is 0 Å². The van der Waals surface area contributed by atoms with Crippen molar-refractivity contribution in [3.8, 4) is 17.2 Å². The Kier molecular flexibility index (Phi) is 4.87. The van der Waals surface area contributed by atoms with Gasteiger partial charge in [-0.2, -0.15) is 0 Å². The highest BCUT2D eigenvalue weighted by atomic mass is 16.7. The van der Waals surface area contributed by atoms with Crippen molar-refractivity contribution in [2.75, 3.05) is 13.4 Å². The van der Waals surface area contributed by atoms with E-state index in [9.17, 15) is 9.90 Å². The Morgan fingerprint density at radius 3 is 2.82 bits per heavy atom. The van der Waals surface area contributed by atoms with E-state index in [2.05, 4.69) is 11.3 Å². The van der Waals surface area contributed by atoms with Gasteiger partial charge in [0.1, 0.15) is 5.75 Å². The first-order valence-corrected chi connectivity index (χ1v) is 5.05.